The fourth-order valence-corrected chi connectivity index (χ4v) is 5.38. The molecule has 5 atom stereocenters. The minimum atomic E-state index is 1.15. The molecule has 0 aromatic heterocycles. The predicted molar refractivity (Wildman–Crippen MR) is 69.3 cm³/mol. The van der Waals surface area contributed by atoms with Gasteiger partial charge in [-0.2, -0.15) is 0 Å². The van der Waals surface area contributed by atoms with Gasteiger partial charge in [0.2, 0.25) is 0 Å². The van der Waals surface area contributed by atoms with Crippen LogP contribution >= 0.6 is 0 Å². The maximum Gasteiger partial charge on any atom is -0.0352 e. The summed E-state index contributed by atoms with van der Waals surface area (Å²) < 4.78 is 0. The molecule has 0 aliphatic heterocycles. The summed E-state index contributed by atoms with van der Waals surface area (Å²) in [4.78, 5) is 0. The van der Waals surface area contributed by atoms with Crippen molar-refractivity contribution in [3.8, 4) is 0 Å². The van der Waals surface area contributed by atoms with Crippen molar-refractivity contribution in [2.24, 2.45) is 29.6 Å². The lowest BCUT2D eigenvalue weighted by Gasteiger charge is -2.31. The lowest BCUT2D eigenvalue weighted by molar-refractivity contribution is 0.178. The molecular formula is C16H28. The van der Waals surface area contributed by atoms with Crippen LogP contribution in [0.4, 0.5) is 0 Å². The molecule has 92 valence electrons. The van der Waals surface area contributed by atoms with E-state index in [0.717, 1.165) is 5.92 Å². The van der Waals surface area contributed by atoms with Gasteiger partial charge in [0.25, 0.3) is 0 Å². The topological polar surface area (TPSA) is 0 Å². The van der Waals surface area contributed by atoms with Gasteiger partial charge in [0.05, 0.1) is 0 Å². The van der Waals surface area contributed by atoms with Crippen LogP contribution < -0.4 is 0 Å². The number of rotatable bonds is 5. The average Bonchev–Trinajstić information content (AvgIpc) is 2.95. The molecule has 0 spiro atoms. The maximum atomic E-state index is 2.32. The highest BCUT2D eigenvalue weighted by Gasteiger charge is 2.53. The number of fused-ring (bicyclic) bond motifs is 5. The Labute approximate surface area is 101 Å². The summed E-state index contributed by atoms with van der Waals surface area (Å²) >= 11 is 0. The van der Waals surface area contributed by atoms with Crippen LogP contribution in [0.1, 0.15) is 71.1 Å². The van der Waals surface area contributed by atoms with Gasteiger partial charge in [0.1, 0.15) is 0 Å². The van der Waals surface area contributed by atoms with E-state index in [1.165, 1.54) is 49.4 Å². The van der Waals surface area contributed by atoms with Crippen molar-refractivity contribution in [2.45, 2.75) is 71.1 Å². The molecule has 3 fully saturated rings. The van der Waals surface area contributed by atoms with Gasteiger partial charge in [-0.1, -0.05) is 45.4 Å². The molecule has 0 aromatic rings. The fraction of sp³-hybridized carbons (Fsp3) is 1.00. The Morgan fingerprint density at radius 1 is 0.875 bits per heavy atom. The Hall–Kier alpha value is 0. The van der Waals surface area contributed by atoms with Crippen molar-refractivity contribution in [1.82, 2.24) is 0 Å². The van der Waals surface area contributed by atoms with E-state index in [4.69, 9.17) is 0 Å². The quantitative estimate of drug-likeness (QED) is 0.570. The van der Waals surface area contributed by atoms with Crippen LogP contribution in [0.5, 0.6) is 0 Å². The highest BCUT2D eigenvalue weighted by Crippen LogP contribution is 2.61. The summed E-state index contributed by atoms with van der Waals surface area (Å²) in [6.07, 6.45) is 15.5. The van der Waals surface area contributed by atoms with Gasteiger partial charge < -0.3 is 0 Å². The molecule has 3 rings (SSSR count). The molecule has 0 amide bonds. The Balaban J connectivity index is 1.48. The van der Waals surface area contributed by atoms with E-state index in [1.807, 2.05) is 0 Å². The standard InChI is InChI=1S/C16H28/c1-2-3-4-5-7-12-10-13-11-16(12)15-9-6-8-14(13)15/h12-16H,2-11H2,1H3. The Bertz CT molecular complexity index is 232. The van der Waals surface area contributed by atoms with Crippen molar-refractivity contribution in [2.75, 3.05) is 0 Å². The minimum Gasteiger partial charge on any atom is -0.0654 e. The molecule has 2 bridgehead atoms. The molecule has 3 aliphatic rings. The minimum absolute atomic E-state index is 1.15. The zero-order valence-corrected chi connectivity index (χ0v) is 11.0. The lowest BCUT2D eigenvalue weighted by Crippen LogP contribution is -2.24. The molecule has 0 aromatic carbocycles. The van der Waals surface area contributed by atoms with E-state index in [2.05, 4.69) is 6.92 Å². The summed E-state index contributed by atoms with van der Waals surface area (Å²) in [5, 5.41) is 0. The van der Waals surface area contributed by atoms with E-state index < -0.39 is 0 Å². The Morgan fingerprint density at radius 2 is 1.75 bits per heavy atom. The predicted octanol–water partition coefficient (Wildman–Crippen LogP) is 5.03. The van der Waals surface area contributed by atoms with Crippen molar-refractivity contribution < 1.29 is 0 Å². The Morgan fingerprint density at radius 3 is 2.62 bits per heavy atom. The molecule has 0 heterocycles. The largest absolute Gasteiger partial charge is 0.0654 e. The first-order chi connectivity index (χ1) is 7.90. The third kappa shape index (κ3) is 1.83. The molecule has 0 N–H and O–H groups in total. The van der Waals surface area contributed by atoms with Crippen molar-refractivity contribution in [3.63, 3.8) is 0 Å². The van der Waals surface area contributed by atoms with Crippen LogP contribution in [0.15, 0.2) is 0 Å². The maximum absolute atomic E-state index is 2.32. The van der Waals surface area contributed by atoms with Crippen LogP contribution in [-0.2, 0) is 0 Å². The van der Waals surface area contributed by atoms with Crippen LogP contribution in [-0.4, -0.2) is 0 Å². The Kier molecular flexibility index (Phi) is 3.27. The average molecular weight is 220 g/mol. The van der Waals surface area contributed by atoms with Gasteiger partial charge in [-0.25, -0.2) is 0 Å². The van der Waals surface area contributed by atoms with E-state index in [9.17, 15) is 0 Å². The van der Waals surface area contributed by atoms with Crippen molar-refractivity contribution in [3.05, 3.63) is 0 Å². The third-order valence-electron chi connectivity index (χ3n) is 5.99. The van der Waals surface area contributed by atoms with Crippen LogP contribution in [0.25, 0.3) is 0 Å². The molecule has 16 heavy (non-hydrogen) atoms. The highest BCUT2D eigenvalue weighted by atomic mass is 14.6. The van der Waals surface area contributed by atoms with E-state index in [-0.39, 0.29) is 0 Å². The molecular weight excluding hydrogens is 192 g/mol. The van der Waals surface area contributed by atoms with E-state index in [0.29, 0.717) is 0 Å². The summed E-state index contributed by atoms with van der Waals surface area (Å²) in [5.74, 6) is 5.89. The summed E-state index contributed by atoms with van der Waals surface area (Å²) in [5.41, 5.74) is 0. The lowest BCUT2D eigenvalue weighted by atomic mass is 9.74. The van der Waals surface area contributed by atoms with Crippen LogP contribution in [0.2, 0.25) is 0 Å². The van der Waals surface area contributed by atoms with E-state index >= 15 is 0 Å². The zero-order chi connectivity index (χ0) is 11.0. The molecule has 3 aliphatic carbocycles. The summed E-state index contributed by atoms with van der Waals surface area (Å²) in [6, 6.07) is 0. The van der Waals surface area contributed by atoms with Crippen molar-refractivity contribution >= 4 is 0 Å². The van der Waals surface area contributed by atoms with Gasteiger partial charge in [-0.05, 0) is 55.3 Å². The molecule has 5 unspecified atom stereocenters. The van der Waals surface area contributed by atoms with Gasteiger partial charge in [0, 0.05) is 0 Å². The first-order valence-corrected chi connectivity index (χ1v) is 7.90. The van der Waals surface area contributed by atoms with Crippen LogP contribution in [0, 0.1) is 29.6 Å². The second-order valence-electron chi connectivity index (χ2n) is 6.76. The second-order valence-corrected chi connectivity index (χ2v) is 6.76. The molecule has 0 radical (unpaired) electrons. The molecule has 0 heteroatoms. The summed E-state index contributed by atoms with van der Waals surface area (Å²) in [7, 11) is 0. The normalized spacial score (nSPS) is 45.2. The third-order valence-corrected chi connectivity index (χ3v) is 5.99. The monoisotopic (exact) mass is 220 g/mol. The number of hydrogen-bond acceptors (Lipinski definition) is 0. The number of unbranched alkanes of at least 4 members (excludes halogenated alkanes) is 3. The SMILES string of the molecule is CCCCCCC1CC2CC1C1CCCC21. The number of hydrogen-bond donors (Lipinski definition) is 0. The first-order valence-electron chi connectivity index (χ1n) is 7.90. The molecule has 3 saturated carbocycles. The van der Waals surface area contributed by atoms with Gasteiger partial charge in [-0.15, -0.1) is 0 Å². The fourth-order valence-electron chi connectivity index (χ4n) is 5.38. The second kappa shape index (κ2) is 4.70. The molecule has 0 nitrogen and oxygen atoms in total. The van der Waals surface area contributed by atoms with Crippen LogP contribution in [0.3, 0.4) is 0 Å². The van der Waals surface area contributed by atoms with Gasteiger partial charge in [0.15, 0.2) is 0 Å². The van der Waals surface area contributed by atoms with Gasteiger partial charge in [-0.3, -0.25) is 0 Å². The summed E-state index contributed by atoms with van der Waals surface area (Å²) in [6.45, 7) is 2.32. The van der Waals surface area contributed by atoms with Gasteiger partial charge >= 0.3 is 0 Å². The zero-order valence-electron chi connectivity index (χ0n) is 11.0. The molecule has 0 saturated heterocycles. The van der Waals surface area contributed by atoms with Crippen molar-refractivity contribution in [1.29, 1.82) is 0 Å². The first kappa shape index (κ1) is 11.1. The highest BCUT2D eigenvalue weighted by molar-refractivity contribution is 5.02. The smallest absolute Gasteiger partial charge is 0.0352 e. The van der Waals surface area contributed by atoms with E-state index in [1.54, 1.807) is 38.5 Å².